The zero-order valence-corrected chi connectivity index (χ0v) is 5.71. The van der Waals surface area contributed by atoms with Crippen molar-refractivity contribution < 1.29 is 0 Å². The average molecular weight is 162 g/mol. The minimum atomic E-state index is 0.365. The normalized spacial score (nSPS) is 11.3. The van der Waals surface area contributed by atoms with Gasteiger partial charge in [-0.1, -0.05) is 9.73 Å². The quantitative estimate of drug-likeness (QED) is 0.445. The molecule has 0 aliphatic carbocycles. The first-order valence-corrected chi connectivity index (χ1v) is 3.19. The number of H-pyrrole nitrogens is 1. The molecule has 0 aliphatic rings. The van der Waals surface area contributed by atoms with Crippen molar-refractivity contribution in [3.05, 3.63) is 6.20 Å². The Labute approximate surface area is 64.6 Å². The highest BCUT2D eigenvalue weighted by Gasteiger charge is 2.03. The molecule has 0 saturated heterocycles. The third-order valence-corrected chi connectivity index (χ3v) is 1.45. The van der Waals surface area contributed by atoms with Crippen LogP contribution in [0.25, 0.3) is 16.9 Å². The Hall–Kier alpha value is -2.12. The number of fused-ring (bicyclic) bond motifs is 2. The number of aromatic amines is 1. The molecule has 3 aromatic rings. The van der Waals surface area contributed by atoms with Crippen molar-refractivity contribution in [2.45, 2.75) is 0 Å². The molecule has 3 rings (SSSR count). The van der Waals surface area contributed by atoms with Crippen molar-refractivity contribution >= 4 is 16.9 Å². The molecule has 0 unspecified atom stereocenters. The average Bonchev–Trinajstić information content (AvgIpc) is 2.64. The molecule has 0 aromatic carbocycles. The van der Waals surface area contributed by atoms with Gasteiger partial charge in [-0.3, -0.25) is 5.10 Å². The van der Waals surface area contributed by atoms with Gasteiger partial charge in [-0.25, -0.2) is 4.98 Å². The lowest BCUT2D eigenvalue weighted by atomic mass is 10.6. The van der Waals surface area contributed by atoms with Crippen LogP contribution in [0.1, 0.15) is 0 Å². The van der Waals surface area contributed by atoms with E-state index < -0.39 is 0 Å². The maximum Gasteiger partial charge on any atom is 0.292 e. The van der Waals surface area contributed by atoms with E-state index in [4.69, 9.17) is 0 Å². The molecule has 58 valence electrons. The monoisotopic (exact) mass is 162 g/mol. The van der Waals surface area contributed by atoms with E-state index in [-0.39, 0.29) is 0 Å². The van der Waals surface area contributed by atoms with Crippen molar-refractivity contribution in [1.29, 1.82) is 0 Å². The summed E-state index contributed by atoms with van der Waals surface area (Å²) >= 11 is 0. The molecule has 8 nitrogen and oxygen atoms in total. The van der Waals surface area contributed by atoms with Gasteiger partial charge in [0.2, 0.25) is 0 Å². The molecule has 0 saturated carbocycles. The Morgan fingerprint density at radius 3 is 3.42 bits per heavy atom. The van der Waals surface area contributed by atoms with Crippen molar-refractivity contribution in [3.63, 3.8) is 0 Å². The van der Waals surface area contributed by atoms with Crippen LogP contribution in [0.4, 0.5) is 0 Å². The van der Waals surface area contributed by atoms with Gasteiger partial charge in [0, 0.05) is 0 Å². The van der Waals surface area contributed by atoms with Gasteiger partial charge in [0.05, 0.1) is 6.20 Å². The smallest absolute Gasteiger partial charge is 0.258 e. The summed E-state index contributed by atoms with van der Waals surface area (Å²) in [5, 5.41) is 21.0. The molecule has 3 heterocycles. The lowest BCUT2D eigenvalue weighted by Crippen LogP contribution is -1.96. The predicted octanol–water partition coefficient (Wildman–Crippen LogP) is -1.21. The largest absolute Gasteiger partial charge is 0.292 e. The minimum Gasteiger partial charge on any atom is -0.258 e. The summed E-state index contributed by atoms with van der Waals surface area (Å²) in [5.41, 5.74) is 1.21. The number of hydrogen-bond acceptors (Lipinski definition) is 6. The summed E-state index contributed by atoms with van der Waals surface area (Å²) in [6.07, 6.45) is 1.57. The molecule has 1 N–H and O–H groups in total. The fraction of sp³-hybridized carbons (Fsp3) is 0. The molecule has 0 spiro atoms. The topological polar surface area (TPSA) is 97.5 Å². The van der Waals surface area contributed by atoms with Crippen LogP contribution in [-0.4, -0.2) is 40.4 Å². The Bertz CT molecular complexity index is 443. The fourth-order valence-electron chi connectivity index (χ4n) is 0.941. The molecule has 0 radical (unpaired) electrons. The van der Waals surface area contributed by atoms with Crippen LogP contribution >= 0.6 is 0 Å². The highest BCUT2D eigenvalue weighted by molar-refractivity contribution is 5.68. The minimum absolute atomic E-state index is 0.365. The summed E-state index contributed by atoms with van der Waals surface area (Å²) in [6.45, 7) is 0. The van der Waals surface area contributed by atoms with E-state index >= 15 is 0 Å². The lowest BCUT2D eigenvalue weighted by Gasteiger charge is -1.86. The van der Waals surface area contributed by atoms with E-state index in [0.717, 1.165) is 0 Å². The maximum absolute atomic E-state index is 4.07. The summed E-state index contributed by atoms with van der Waals surface area (Å²) in [4.78, 5) is 4.07. The summed E-state index contributed by atoms with van der Waals surface area (Å²) < 4.78 is 1.24. The van der Waals surface area contributed by atoms with Gasteiger partial charge in [-0.05, 0) is 10.4 Å². The number of tetrazole rings is 1. The summed E-state index contributed by atoms with van der Waals surface area (Å²) in [7, 11) is 0. The van der Waals surface area contributed by atoms with Gasteiger partial charge < -0.3 is 0 Å². The van der Waals surface area contributed by atoms with E-state index in [0.29, 0.717) is 16.9 Å². The molecule has 0 atom stereocenters. The van der Waals surface area contributed by atoms with Crippen LogP contribution in [0, 0.1) is 0 Å². The van der Waals surface area contributed by atoms with Gasteiger partial charge in [-0.2, -0.15) is 5.10 Å². The van der Waals surface area contributed by atoms with Crippen LogP contribution in [0.3, 0.4) is 0 Å². The first kappa shape index (κ1) is 5.52. The lowest BCUT2D eigenvalue weighted by molar-refractivity contribution is 0.736. The zero-order valence-electron chi connectivity index (χ0n) is 5.71. The number of aromatic nitrogens is 8. The molecule has 0 amide bonds. The Morgan fingerprint density at radius 2 is 2.42 bits per heavy atom. The van der Waals surface area contributed by atoms with Crippen LogP contribution in [-0.2, 0) is 0 Å². The molecule has 3 aromatic heterocycles. The third-order valence-electron chi connectivity index (χ3n) is 1.45. The van der Waals surface area contributed by atoms with Gasteiger partial charge in [0.15, 0.2) is 5.65 Å². The second-order valence-corrected chi connectivity index (χ2v) is 2.18. The molecular formula is C4H2N8. The SMILES string of the molecule is c1n[nH]c2nn3nnnc3nc12. The highest BCUT2D eigenvalue weighted by Crippen LogP contribution is 2.02. The van der Waals surface area contributed by atoms with Crippen LogP contribution < -0.4 is 0 Å². The van der Waals surface area contributed by atoms with E-state index in [1.807, 2.05) is 0 Å². The summed E-state index contributed by atoms with van der Waals surface area (Å²) in [6, 6.07) is 0. The maximum atomic E-state index is 4.07. The molecule has 8 heteroatoms. The number of nitrogens with one attached hydrogen (secondary N) is 1. The molecule has 0 fully saturated rings. The summed E-state index contributed by atoms with van der Waals surface area (Å²) in [5.74, 6) is 0.365. The molecule has 12 heavy (non-hydrogen) atoms. The van der Waals surface area contributed by atoms with Crippen molar-refractivity contribution in [3.8, 4) is 0 Å². The Kier molecular flexibility index (Phi) is 0.793. The molecular weight excluding hydrogens is 160 g/mol. The van der Waals surface area contributed by atoms with E-state index in [1.54, 1.807) is 6.20 Å². The van der Waals surface area contributed by atoms with E-state index in [9.17, 15) is 0 Å². The van der Waals surface area contributed by atoms with Crippen molar-refractivity contribution in [2.24, 2.45) is 0 Å². The highest BCUT2D eigenvalue weighted by atomic mass is 15.6. The number of rotatable bonds is 0. The zero-order chi connectivity index (χ0) is 7.97. The van der Waals surface area contributed by atoms with Crippen LogP contribution in [0.2, 0.25) is 0 Å². The number of hydrogen-bond donors (Lipinski definition) is 1. The van der Waals surface area contributed by atoms with Crippen molar-refractivity contribution in [1.82, 2.24) is 40.4 Å². The number of nitrogens with zero attached hydrogens (tertiary/aromatic N) is 7. The van der Waals surface area contributed by atoms with Gasteiger partial charge in [0.1, 0.15) is 5.52 Å². The third kappa shape index (κ3) is 0.557. The van der Waals surface area contributed by atoms with Gasteiger partial charge in [-0.15, -0.1) is 5.10 Å². The second kappa shape index (κ2) is 1.72. The van der Waals surface area contributed by atoms with E-state index in [2.05, 4.69) is 35.8 Å². The molecule has 0 aliphatic heterocycles. The van der Waals surface area contributed by atoms with Crippen molar-refractivity contribution in [2.75, 3.05) is 0 Å². The van der Waals surface area contributed by atoms with Gasteiger partial charge >= 0.3 is 0 Å². The second-order valence-electron chi connectivity index (χ2n) is 2.18. The standard InChI is InChI=1S/C4H2N8/c1-2-3(7-5-1)9-12-4(6-2)8-10-11-12/h1H,(H,7,9). The first-order chi connectivity index (χ1) is 5.93. The fourth-order valence-corrected chi connectivity index (χ4v) is 0.941. The Morgan fingerprint density at radius 1 is 1.42 bits per heavy atom. The Balaban J connectivity index is 2.62. The van der Waals surface area contributed by atoms with Crippen LogP contribution in [0.5, 0.6) is 0 Å². The van der Waals surface area contributed by atoms with Crippen LogP contribution in [0.15, 0.2) is 6.20 Å². The first-order valence-electron chi connectivity index (χ1n) is 3.19. The van der Waals surface area contributed by atoms with Gasteiger partial charge in [0.25, 0.3) is 5.78 Å². The molecule has 0 bridgehead atoms. The predicted molar refractivity (Wildman–Crippen MR) is 36.0 cm³/mol. The van der Waals surface area contributed by atoms with E-state index in [1.165, 1.54) is 4.63 Å².